The van der Waals surface area contributed by atoms with Gasteiger partial charge >= 0.3 is 0 Å². The van der Waals surface area contributed by atoms with Gasteiger partial charge in [0.25, 0.3) is 0 Å². The van der Waals surface area contributed by atoms with E-state index in [9.17, 15) is 4.79 Å². The summed E-state index contributed by atoms with van der Waals surface area (Å²) in [6, 6.07) is 9.55. The van der Waals surface area contributed by atoms with Gasteiger partial charge in [-0.3, -0.25) is 4.79 Å². The van der Waals surface area contributed by atoms with Gasteiger partial charge in [-0.1, -0.05) is 30.3 Å². The molecule has 1 unspecified atom stereocenters. The number of ketones is 1. The molecule has 0 N–H and O–H groups in total. The van der Waals surface area contributed by atoms with Crippen molar-refractivity contribution in [2.75, 3.05) is 6.61 Å². The van der Waals surface area contributed by atoms with Crippen molar-refractivity contribution in [2.45, 2.75) is 20.0 Å². The quantitative estimate of drug-likeness (QED) is 0.707. The van der Waals surface area contributed by atoms with Gasteiger partial charge in [-0.25, -0.2) is 0 Å². The highest BCUT2D eigenvalue weighted by atomic mass is 16.5. The van der Waals surface area contributed by atoms with Crippen molar-refractivity contribution in [1.82, 2.24) is 0 Å². The van der Waals surface area contributed by atoms with Crippen LogP contribution in [0.1, 0.15) is 25.5 Å². The fourth-order valence-electron chi connectivity index (χ4n) is 1.24. The minimum Gasteiger partial charge on any atom is -0.366 e. The number of rotatable bonds is 4. The molecular formula is C11H14O2. The van der Waals surface area contributed by atoms with Crippen molar-refractivity contribution in [3.05, 3.63) is 35.9 Å². The zero-order chi connectivity index (χ0) is 9.68. The average molecular weight is 178 g/mol. The van der Waals surface area contributed by atoms with Crippen LogP contribution in [0.15, 0.2) is 30.3 Å². The zero-order valence-corrected chi connectivity index (χ0v) is 7.99. The van der Waals surface area contributed by atoms with Crippen molar-refractivity contribution in [1.29, 1.82) is 0 Å². The number of hydrogen-bond donors (Lipinski definition) is 0. The summed E-state index contributed by atoms with van der Waals surface area (Å²) in [5.41, 5.74) is 0.928. The maximum absolute atomic E-state index is 11.2. The summed E-state index contributed by atoms with van der Waals surface area (Å²) in [6.45, 7) is 3.99. The van der Waals surface area contributed by atoms with Crippen LogP contribution in [0.25, 0.3) is 0 Å². The molecule has 0 spiro atoms. The molecule has 0 aliphatic rings. The summed E-state index contributed by atoms with van der Waals surface area (Å²) in [5, 5.41) is 0. The Hall–Kier alpha value is -1.15. The van der Waals surface area contributed by atoms with E-state index >= 15 is 0 Å². The first-order chi connectivity index (χ1) is 6.25. The van der Waals surface area contributed by atoms with Crippen LogP contribution in [-0.4, -0.2) is 12.4 Å². The highest BCUT2D eigenvalue weighted by molar-refractivity contribution is 5.81. The van der Waals surface area contributed by atoms with E-state index in [1.807, 2.05) is 37.3 Å². The maximum atomic E-state index is 11.2. The Morgan fingerprint density at radius 2 is 2.00 bits per heavy atom. The molecule has 0 amide bonds. The largest absolute Gasteiger partial charge is 0.366 e. The van der Waals surface area contributed by atoms with Crippen molar-refractivity contribution < 1.29 is 9.53 Å². The zero-order valence-electron chi connectivity index (χ0n) is 7.99. The van der Waals surface area contributed by atoms with Gasteiger partial charge in [0.2, 0.25) is 0 Å². The van der Waals surface area contributed by atoms with E-state index in [0.29, 0.717) is 6.61 Å². The Kier molecular flexibility index (Phi) is 3.65. The fraction of sp³-hybridized carbons (Fsp3) is 0.364. The molecule has 0 saturated carbocycles. The molecule has 0 fully saturated rings. The van der Waals surface area contributed by atoms with E-state index in [1.54, 1.807) is 6.92 Å². The number of carbonyl (C=O) groups is 1. The number of Topliss-reactive ketones (excluding diaryl/α,β-unsaturated/α-hetero) is 1. The third kappa shape index (κ3) is 2.67. The van der Waals surface area contributed by atoms with Crippen LogP contribution in [0.2, 0.25) is 0 Å². The molecule has 0 heterocycles. The first kappa shape index (κ1) is 9.93. The summed E-state index contributed by atoms with van der Waals surface area (Å²) in [7, 11) is 0. The average Bonchev–Trinajstić information content (AvgIpc) is 2.15. The Morgan fingerprint density at radius 3 is 2.46 bits per heavy atom. The second-order valence-electron chi connectivity index (χ2n) is 2.86. The summed E-state index contributed by atoms with van der Waals surface area (Å²) < 4.78 is 5.34. The van der Waals surface area contributed by atoms with E-state index in [0.717, 1.165) is 5.56 Å². The first-order valence-corrected chi connectivity index (χ1v) is 4.42. The number of benzene rings is 1. The Labute approximate surface area is 78.5 Å². The lowest BCUT2D eigenvalue weighted by molar-refractivity contribution is -0.128. The number of ether oxygens (including phenoxy) is 1. The predicted octanol–water partition coefficient (Wildman–Crippen LogP) is 2.35. The van der Waals surface area contributed by atoms with Crippen molar-refractivity contribution in [2.24, 2.45) is 0 Å². The third-order valence-corrected chi connectivity index (χ3v) is 1.80. The van der Waals surface area contributed by atoms with E-state index in [4.69, 9.17) is 4.74 Å². The van der Waals surface area contributed by atoms with Gasteiger partial charge in [-0.15, -0.1) is 0 Å². The molecule has 0 aliphatic carbocycles. The molecule has 1 aromatic rings. The van der Waals surface area contributed by atoms with Gasteiger partial charge in [0.15, 0.2) is 5.78 Å². The van der Waals surface area contributed by atoms with Crippen molar-refractivity contribution in [3.63, 3.8) is 0 Å². The molecule has 0 aromatic heterocycles. The topological polar surface area (TPSA) is 26.3 Å². The highest BCUT2D eigenvalue weighted by Gasteiger charge is 2.15. The van der Waals surface area contributed by atoms with Gasteiger partial charge in [-0.2, -0.15) is 0 Å². The Morgan fingerprint density at radius 1 is 1.38 bits per heavy atom. The first-order valence-electron chi connectivity index (χ1n) is 4.42. The van der Waals surface area contributed by atoms with Crippen LogP contribution in [0.4, 0.5) is 0 Å². The normalized spacial score (nSPS) is 12.5. The van der Waals surface area contributed by atoms with Crippen LogP contribution in [0.5, 0.6) is 0 Å². The molecule has 1 atom stereocenters. The molecule has 1 aromatic carbocycles. The summed E-state index contributed by atoms with van der Waals surface area (Å²) >= 11 is 0. The van der Waals surface area contributed by atoms with Gasteiger partial charge in [-0.05, 0) is 19.4 Å². The molecule has 0 radical (unpaired) electrons. The third-order valence-electron chi connectivity index (χ3n) is 1.80. The summed E-state index contributed by atoms with van der Waals surface area (Å²) in [5.74, 6) is 0.0491. The summed E-state index contributed by atoms with van der Waals surface area (Å²) in [6.07, 6.45) is -0.397. The molecule has 0 bridgehead atoms. The minimum absolute atomic E-state index is 0.0491. The Balaban J connectivity index is 2.82. The number of carbonyl (C=O) groups excluding carboxylic acids is 1. The second-order valence-corrected chi connectivity index (χ2v) is 2.86. The lowest BCUT2D eigenvalue weighted by Gasteiger charge is -2.13. The van der Waals surface area contributed by atoms with Gasteiger partial charge in [0, 0.05) is 6.61 Å². The molecule has 0 saturated heterocycles. The van der Waals surface area contributed by atoms with Crippen molar-refractivity contribution in [3.8, 4) is 0 Å². The molecule has 0 aliphatic heterocycles. The highest BCUT2D eigenvalue weighted by Crippen LogP contribution is 2.17. The van der Waals surface area contributed by atoms with Crippen LogP contribution in [0.3, 0.4) is 0 Å². The van der Waals surface area contributed by atoms with Gasteiger partial charge < -0.3 is 4.74 Å². The number of hydrogen-bond acceptors (Lipinski definition) is 2. The minimum atomic E-state index is -0.397. The van der Waals surface area contributed by atoms with Gasteiger partial charge in [0.05, 0.1) is 0 Å². The Bertz CT molecular complexity index is 267. The molecule has 2 nitrogen and oxygen atoms in total. The van der Waals surface area contributed by atoms with Crippen LogP contribution in [-0.2, 0) is 9.53 Å². The van der Waals surface area contributed by atoms with E-state index in [2.05, 4.69) is 0 Å². The predicted molar refractivity (Wildman–Crippen MR) is 51.5 cm³/mol. The van der Waals surface area contributed by atoms with E-state index in [1.165, 1.54) is 0 Å². The SMILES string of the molecule is CCOC(C(C)=O)c1ccccc1. The molecule has 2 heteroatoms. The molecular weight excluding hydrogens is 164 g/mol. The summed E-state index contributed by atoms with van der Waals surface area (Å²) in [4.78, 5) is 11.2. The van der Waals surface area contributed by atoms with Crippen LogP contribution >= 0.6 is 0 Å². The lowest BCUT2D eigenvalue weighted by Crippen LogP contribution is -2.12. The van der Waals surface area contributed by atoms with Crippen molar-refractivity contribution >= 4 is 5.78 Å². The molecule has 13 heavy (non-hydrogen) atoms. The van der Waals surface area contributed by atoms with Gasteiger partial charge in [0.1, 0.15) is 6.10 Å². The molecule has 70 valence electrons. The standard InChI is InChI=1S/C11H14O2/c1-3-13-11(9(2)12)10-7-5-4-6-8-10/h4-8,11H,3H2,1-2H3. The fourth-order valence-corrected chi connectivity index (χ4v) is 1.24. The lowest BCUT2D eigenvalue weighted by atomic mass is 10.1. The van der Waals surface area contributed by atoms with Crippen LogP contribution < -0.4 is 0 Å². The maximum Gasteiger partial charge on any atom is 0.163 e. The molecule has 1 rings (SSSR count). The van der Waals surface area contributed by atoms with E-state index < -0.39 is 6.10 Å². The second kappa shape index (κ2) is 4.77. The van der Waals surface area contributed by atoms with Crippen LogP contribution in [0, 0.1) is 0 Å². The smallest absolute Gasteiger partial charge is 0.163 e. The monoisotopic (exact) mass is 178 g/mol. The van der Waals surface area contributed by atoms with E-state index in [-0.39, 0.29) is 5.78 Å².